The third-order valence-electron chi connectivity index (χ3n) is 4.55. The number of sulfonamides is 1. The van der Waals surface area contributed by atoms with Gasteiger partial charge in [-0.05, 0) is 42.3 Å². The number of nitro benzene ring substituents is 1. The summed E-state index contributed by atoms with van der Waals surface area (Å²) >= 11 is 0. The maximum Gasteiger partial charge on any atom is 0.338 e. The van der Waals surface area contributed by atoms with Crippen LogP contribution in [0.25, 0.3) is 0 Å². The molecular weight excluding hydrogens is 400 g/mol. The van der Waals surface area contributed by atoms with Crippen molar-refractivity contribution in [3.63, 3.8) is 0 Å². The van der Waals surface area contributed by atoms with Gasteiger partial charge in [0.1, 0.15) is 6.61 Å². The van der Waals surface area contributed by atoms with Crippen molar-refractivity contribution in [1.29, 1.82) is 0 Å². The van der Waals surface area contributed by atoms with E-state index in [1.54, 1.807) is 13.0 Å². The molecule has 1 aliphatic heterocycles. The lowest BCUT2D eigenvalue weighted by atomic mass is 10.1. The van der Waals surface area contributed by atoms with Crippen LogP contribution in [0.4, 0.5) is 5.69 Å². The van der Waals surface area contributed by atoms with Gasteiger partial charge in [-0.3, -0.25) is 10.1 Å². The molecule has 0 aliphatic carbocycles. The van der Waals surface area contributed by atoms with Crippen molar-refractivity contribution >= 4 is 21.7 Å². The highest BCUT2D eigenvalue weighted by Gasteiger charge is 2.27. The Morgan fingerprint density at radius 3 is 2.45 bits per heavy atom. The topological polar surface area (TPSA) is 116 Å². The van der Waals surface area contributed by atoms with Crippen molar-refractivity contribution in [2.75, 3.05) is 26.3 Å². The Bertz CT molecular complexity index is 1010. The molecule has 154 valence electrons. The SMILES string of the molecule is Cc1ccc(S(=O)(=O)N2CCOCC2)cc1C(=O)OCc1ccc([N+](=O)[O-])cc1. The first-order valence-corrected chi connectivity index (χ1v) is 10.3. The first-order valence-electron chi connectivity index (χ1n) is 8.88. The van der Waals surface area contributed by atoms with Crippen molar-refractivity contribution in [3.8, 4) is 0 Å². The summed E-state index contributed by atoms with van der Waals surface area (Å²) in [6.45, 7) is 2.78. The summed E-state index contributed by atoms with van der Waals surface area (Å²) in [6, 6.07) is 9.99. The molecule has 0 aromatic heterocycles. The van der Waals surface area contributed by atoms with Gasteiger partial charge in [-0.1, -0.05) is 6.07 Å². The van der Waals surface area contributed by atoms with Crippen LogP contribution >= 0.6 is 0 Å². The van der Waals surface area contributed by atoms with E-state index in [4.69, 9.17) is 9.47 Å². The Morgan fingerprint density at radius 1 is 1.17 bits per heavy atom. The van der Waals surface area contributed by atoms with E-state index in [1.165, 1.54) is 40.7 Å². The third kappa shape index (κ3) is 4.78. The molecule has 1 heterocycles. The largest absolute Gasteiger partial charge is 0.457 e. The van der Waals surface area contributed by atoms with Crippen LogP contribution in [-0.4, -0.2) is 49.9 Å². The van der Waals surface area contributed by atoms with E-state index in [0.29, 0.717) is 24.3 Å². The predicted octanol–water partition coefficient (Wildman–Crippen LogP) is 2.28. The zero-order valence-electron chi connectivity index (χ0n) is 15.7. The number of ether oxygens (including phenoxy) is 2. The number of rotatable bonds is 6. The molecule has 0 atom stereocenters. The van der Waals surface area contributed by atoms with Gasteiger partial charge in [0.15, 0.2) is 0 Å². The fourth-order valence-electron chi connectivity index (χ4n) is 2.86. The van der Waals surface area contributed by atoms with Gasteiger partial charge >= 0.3 is 5.97 Å². The molecule has 1 fully saturated rings. The number of benzene rings is 2. The minimum absolute atomic E-state index is 0.0206. The Balaban J connectivity index is 1.75. The molecule has 0 radical (unpaired) electrons. The van der Waals surface area contributed by atoms with Gasteiger partial charge in [-0.2, -0.15) is 4.31 Å². The second-order valence-corrected chi connectivity index (χ2v) is 8.43. The lowest BCUT2D eigenvalue weighted by molar-refractivity contribution is -0.384. The molecule has 10 heteroatoms. The zero-order chi connectivity index (χ0) is 21.0. The van der Waals surface area contributed by atoms with E-state index in [9.17, 15) is 23.3 Å². The fraction of sp³-hybridized carbons (Fsp3) is 0.316. The van der Waals surface area contributed by atoms with Gasteiger partial charge in [0.25, 0.3) is 5.69 Å². The molecule has 0 spiro atoms. The van der Waals surface area contributed by atoms with Crippen LogP contribution in [0, 0.1) is 17.0 Å². The van der Waals surface area contributed by atoms with Crippen LogP contribution in [0.1, 0.15) is 21.5 Å². The van der Waals surface area contributed by atoms with Crippen molar-refractivity contribution < 1.29 is 27.6 Å². The molecule has 0 saturated carbocycles. The van der Waals surface area contributed by atoms with Crippen molar-refractivity contribution in [3.05, 3.63) is 69.3 Å². The molecule has 0 N–H and O–H groups in total. The lowest BCUT2D eigenvalue weighted by Crippen LogP contribution is -2.40. The Hall–Kier alpha value is -2.82. The molecule has 9 nitrogen and oxygen atoms in total. The highest BCUT2D eigenvalue weighted by atomic mass is 32.2. The molecule has 0 bridgehead atoms. The van der Waals surface area contributed by atoms with Crippen molar-refractivity contribution in [2.24, 2.45) is 0 Å². The summed E-state index contributed by atoms with van der Waals surface area (Å²) in [7, 11) is -3.73. The first-order chi connectivity index (χ1) is 13.8. The quantitative estimate of drug-likeness (QED) is 0.400. The van der Waals surface area contributed by atoms with E-state index >= 15 is 0 Å². The standard InChI is InChI=1S/C19H20N2O7S/c1-14-2-7-17(29(25,26)20-8-10-27-11-9-20)12-18(14)19(22)28-13-15-3-5-16(6-4-15)21(23)24/h2-7,12H,8-11,13H2,1H3. The molecule has 29 heavy (non-hydrogen) atoms. The van der Waals surface area contributed by atoms with E-state index in [-0.39, 0.29) is 35.8 Å². The fourth-order valence-corrected chi connectivity index (χ4v) is 4.29. The van der Waals surface area contributed by atoms with Gasteiger partial charge in [-0.25, -0.2) is 13.2 Å². The highest BCUT2D eigenvalue weighted by molar-refractivity contribution is 7.89. The summed E-state index contributed by atoms with van der Waals surface area (Å²) in [5.74, 6) is -0.667. The van der Waals surface area contributed by atoms with Crippen molar-refractivity contribution in [2.45, 2.75) is 18.4 Å². The molecule has 0 amide bonds. The molecule has 2 aromatic rings. The Morgan fingerprint density at radius 2 is 1.83 bits per heavy atom. The number of aryl methyl sites for hydroxylation is 1. The van der Waals surface area contributed by atoms with Crippen LogP contribution in [0.5, 0.6) is 0 Å². The van der Waals surface area contributed by atoms with Gasteiger partial charge in [0.2, 0.25) is 10.0 Å². The Labute approximate surface area is 168 Å². The molecule has 3 rings (SSSR count). The lowest BCUT2D eigenvalue weighted by Gasteiger charge is -2.26. The van der Waals surface area contributed by atoms with Gasteiger partial charge in [0.05, 0.1) is 28.6 Å². The summed E-state index contributed by atoms with van der Waals surface area (Å²) in [4.78, 5) is 22.7. The summed E-state index contributed by atoms with van der Waals surface area (Å²) in [5, 5.41) is 10.7. The van der Waals surface area contributed by atoms with E-state index in [1.807, 2.05) is 0 Å². The number of nitro groups is 1. The van der Waals surface area contributed by atoms with Crippen LogP contribution in [0.15, 0.2) is 47.4 Å². The number of esters is 1. The van der Waals surface area contributed by atoms with Crippen LogP contribution in [-0.2, 0) is 26.1 Å². The third-order valence-corrected chi connectivity index (χ3v) is 6.45. The molecule has 2 aromatic carbocycles. The summed E-state index contributed by atoms with van der Waals surface area (Å²) in [5.41, 5.74) is 1.26. The monoisotopic (exact) mass is 420 g/mol. The number of non-ortho nitro benzene ring substituents is 1. The first kappa shape index (κ1) is 20.9. The van der Waals surface area contributed by atoms with Gasteiger partial charge in [0, 0.05) is 25.2 Å². The maximum absolute atomic E-state index is 12.8. The van der Waals surface area contributed by atoms with Crippen LogP contribution in [0.3, 0.4) is 0 Å². The van der Waals surface area contributed by atoms with E-state index in [0.717, 1.165) is 0 Å². The van der Waals surface area contributed by atoms with E-state index in [2.05, 4.69) is 0 Å². The number of hydrogen-bond donors (Lipinski definition) is 0. The minimum Gasteiger partial charge on any atom is -0.457 e. The number of hydrogen-bond acceptors (Lipinski definition) is 7. The molecule has 0 unspecified atom stereocenters. The molecule has 1 saturated heterocycles. The Kier molecular flexibility index (Phi) is 6.26. The summed E-state index contributed by atoms with van der Waals surface area (Å²) < 4.78 is 37.4. The number of carbonyl (C=O) groups is 1. The number of morpholine rings is 1. The normalized spacial score (nSPS) is 15.1. The van der Waals surface area contributed by atoms with Gasteiger partial charge < -0.3 is 9.47 Å². The zero-order valence-corrected chi connectivity index (χ0v) is 16.6. The average Bonchev–Trinajstić information content (AvgIpc) is 2.73. The minimum atomic E-state index is -3.73. The second kappa shape index (κ2) is 8.68. The molecular formula is C19H20N2O7S. The average molecular weight is 420 g/mol. The second-order valence-electron chi connectivity index (χ2n) is 6.49. The van der Waals surface area contributed by atoms with Crippen LogP contribution in [0.2, 0.25) is 0 Å². The smallest absolute Gasteiger partial charge is 0.338 e. The highest BCUT2D eigenvalue weighted by Crippen LogP contribution is 2.22. The van der Waals surface area contributed by atoms with Crippen LogP contribution < -0.4 is 0 Å². The summed E-state index contributed by atoms with van der Waals surface area (Å²) in [6.07, 6.45) is 0. The number of nitrogens with zero attached hydrogens (tertiary/aromatic N) is 2. The van der Waals surface area contributed by atoms with Gasteiger partial charge in [-0.15, -0.1) is 0 Å². The molecule has 1 aliphatic rings. The van der Waals surface area contributed by atoms with Crippen molar-refractivity contribution in [1.82, 2.24) is 4.31 Å². The maximum atomic E-state index is 12.8. The van der Waals surface area contributed by atoms with E-state index < -0.39 is 20.9 Å². The predicted molar refractivity (Wildman–Crippen MR) is 103 cm³/mol. The number of carbonyl (C=O) groups excluding carboxylic acids is 1.